The monoisotopic (exact) mass is 367 g/mol. The zero-order valence-electron chi connectivity index (χ0n) is 16.1. The molecule has 2 unspecified atom stereocenters. The first-order valence-corrected chi connectivity index (χ1v) is 10.6. The third-order valence-electron chi connectivity index (χ3n) is 6.81. The van der Waals surface area contributed by atoms with Crippen LogP contribution in [-0.2, 0) is 4.79 Å². The molecule has 5 rings (SSSR count). The van der Waals surface area contributed by atoms with Crippen LogP contribution in [0.15, 0.2) is 29.4 Å². The van der Waals surface area contributed by atoms with Crippen molar-refractivity contribution in [3.8, 4) is 5.75 Å². The Hall–Kier alpha value is -1.88. The summed E-state index contributed by atoms with van der Waals surface area (Å²) in [6.07, 6.45) is 9.12. The van der Waals surface area contributed by atoms with Crippen molar-refractivity contribution < 1.29 is 9.53 Å². The maximum atomic E-state index is 11.9. The lowest BCUT2D eigenvalue weighted by molar-refractivity contribution is -0.131. The van der Waals surface area contributed by atoms with Crippen molar-refractivity contribution in [1.29, 1.82) is 0 Å². The van der Waals surface area contributed by atoms with Crippen LogP contribution >= 0.6 is 0 Å². The number of likely N-dealkylation sites (tertiary alicyclic amines) is 1. The Morgan fingerprint density at radius 1 is 1.00 bits per heavy atom. The average molecular weight is 367 g/mol. The smallest absolute Gasteiger partial charge is 0.246 e. The molecule has 5 nitrogen and oxygen atoms in total. The molecular formula is C22H29N3O2. The molecule has 0 radical (unpaired) electrons. The minimum absolute atomic E-state index is 0.156. The van der Waals surface area contributed by atoms with Gasteiger partial charge in [0.15, 0.2) is 0 Å². The largest absolute Gasteiger partial charge is 0.490 e. The van der Waals surface area contributed by atoms with Gasteiger partial charge in [-0.05, 0) is 61.9 Å². The third kappa shape index (κ3) is 3.38. The molecule has 1 amide bonds. The molecule has 0 bridgehead atoms. The number of amides is 1. The number of hydrazone groups is 1. The van der Waals surface area contributed by atoms with Crippen LogP contribution in [0, 0.1) is 11.8 Å². The Morgan fingerprint density at radius 2 is 1.70 bits per heavy atom. The van der Waals surface area contributed by atoms with Gasteiger partial charge < -0.3 is 9.64 Å². The summed E-state index contributed by atoms with van der Waals surface area (Å²) in [4.78, 5) is 14.6. The van der Waals surface area contributed by atoms with Gasteiger partial charge in [-0.15, -0.1) is 0 Å². The summed E-state index contributed by atoms with van der Waals surface area (Å²) < 4.78 is 6.25. The van der Waals surface area contributed by atoms with E-state index in [1.54, 1.807) is 7.05 Å². The number of piperidine rings is 1. The molecule has 2 aliphatic carbocycles. The molecule has 1 aromatic rings. The van der Waals surface area contributed by atoms with E-state index in [2.05, 4.69) is 34.3 Å². The van der Waals surface area contributed by atoms with Gasteiger partial charge in [-0.2, -0.15) is 5.10 Å². The first-order valence-electron chi connectivity index (χ1n) is 10.6. The zero-order chi connectivity index (χ0) is 18.4. The van der Waals surface area contributed by atoms with Gasteiger partial charge in [0, 0.05) is 38.0 Å². The van der Waals surface area contributed by atoms with Crippen LogP contribution in [0.3, 0.4) is 0 Å². The minimum atomic E-state index is 0.156. The zero-order valence-corrected chi connectivity index (χ0v) is 16.1. The van der Waals surface area contributed by atoms with Gasteiger partial charge in [0.05, 0.1) is 5.71 Å². The lowest BCUT2D eigenvalue weighted by atomic mass is 10.0. The molecular weight excluding hydrogens is 338 g/mol. The highest BCUT2D eigenvalue weighted by atomic mass is 16.5. The molecule has 2 atom stereocenters. The first kappa shape index (κ1) is 17.2. The number of hydrogen-bond acceptors (Lipinski definition) is 4. The number of rotatable bonds is 4. The predicted molar refractivity (Wildman–Crippen MR) is 105 cm³/mol. The normalized spacial score (nSPS) is 29.6. The number of hydrogen-bond donors (Lipinski definition) is 0. The quantitative estimate of drug-likeness (QED) is 0.820. The van der Waals surface area contributed by atoms with E-state index < -0.39 is 0 Å². The number of ether oxygens (including phenoxy) is 1. The van der Waals surface area contributed by atoms with Gasteiger partial charge >= 0.3 is 0 Å². The Kier molecular flexibility index (Phi) is 4.43. The van der Waals surface area contributed by atoms with E-state index in [-0.39, 0.29) is 11.8 Å². The number of fused-ring (bicyclic) bond motifs is 1. The van der Waals surface area contributed by atoms with Crippen molar-refractivity contribution in [1.82, 2.24) is 9.91 Å². The van der Waals surface area contributed by atoms with E-state index in [4.69, 9.17) is 4.74 Å². The fourth-order valence-corrected chi connectivity index (χ4v) is 5.09. The van der Waals surface area contributed by atoms with Crippen molar-refractivity contribution in [2.75, 3.05) is 20.1 Å². The maximum absolute atomic E-state index is 11.9. The summed E-state index contributed by atoms with van der Waals surface area (Å²) in [6, 6.07) is 9.16. The second kappa shape index (κ2) is 6.93. The fraction of sp³-hybridized carbons (Fsp3) is 0.636. The van der Waals surface area contributed by atoms with Gasteiger partial charge in [0.25, 0.3) is 0 Å². The molecule has 2 heterocycles. The highest BCUT2D eigenvalue weighted by Gasteiger charge is 2.51. The van der Waals surface area contributed by atoms with E-state index in [1.807, 2.05) is 0 Å². The van der Waals surface area contributed by atoms with Gasteiger partial charge in [0.2, 0.25) is 5.91 Å². The van der Waals surface area contributed by atoms with Gasteiger partial charge in [0.1, 0.15) is 11.9 Å². The topological polar surface area (TPSA) is 45.1 Å². The van der Waals surface area contributed by atoms with Crippen LogP contribution in [0.1, 0.15) is 50.5 Å². The summed E-state index contributed by atoms with van der Waals surface area (Å²) >= 11 is 0. The molecule has 144 valence electrons. The molecule has 0 spiro atoms. The van der Waals surface area contributed by atoms with Gasteiger partial charge in [-0.1, -0.05) is 12.8 Å². The van der Waals surface area contributed by atoms with Gasteiger partial charge in [-0.3, -0.25) is 4.79 Å². The number of benzene rings is 1. The SMILES string of the molecule is CN1N=C(c2ccc(OC3CCN(C4CCCC4)CC3)cc2)C2CC2C1=O. The molecule has 1 aromatic carbocycles. The third-order valence-corrected chi connectivity index (χ3v) is 6.81. The molecule has 1 saturated heterocycles. The molecule has 4 aliphatic rings. The van der Waals surface area contributed by atoms with Crippen molar-refractivity contribution in [2.45, 2.75) is 57.1 Å². The van der Waals surface area contributed by atoms with E-state index in [0.29, 0.717) is 12.0 Å². The van der Waals surface area contributed by atoms with Crippen LogP contribution in [0.2, 0.25) is 0 Å². The molecule has 3 fully saturated rings. The molecule has 5 heteroatoms. The number of carbonyl (C=O) groups is 1. The highest BCUT2D eigenvalue weighted by molar-refractivity contribution is 6.09. The molecule has 0 aromatic heterocycles. The number of carbonyl (C=O) groups excluding carboxylic acids is 1. The molecule has 0 N–H and O–H groups in total. The lowest BCUT2D eigenvalue weighted by Gasteiger charge is -2.36. The Balaban J connectivity index is 1.18. The van der Waals surface area contributed by atoms with Gasteiger partial charge in [-0.25, -0.2) is 5.01 Å². The van der Waals surface area contributed by atoms with Crippen molar-refractivity contribution in [3.63, 3.8) is 0 Å². The van der Waals surface area contributed by atoms with Crippen LogP contribution in [0.4, 0.5) is 0 Å². The van der Waals surface area contributed by atoms with Crippen molar-refractivity contribution in [2.24, 2.45) is 16.9 Å². The minimum Gasteiger partial charge on any atom is -0.490 e. The second-order valence-corrected chi connectivity index (χ2v) is 8.61. The Bertz CT molecular complexity index is 730. The Labute approximate surface area is 161 Å². The van der Waals surface area contributed by atoms with Crippen molar-refractivity contribution >= 4 is 11.6 Å². The molecule has 2 aliphatic heterocycles. The first-order chi connectivity index (χ1) is 13.2. The summed E-state index contributed by atoms with van der Waals surface area (Å²) in [6.45, 7) is 2.35. The number of nitrogens with zero attached hydrogens (tertiary/aromatic N) is 3. The van der Waals surface area contributed by atoms with E-state index >= 15 is 0 Å². The van der Waals surface area contributed by atoms with Crippen molar-refractivity contribution in [3.05, 3.63) is 29.8 Å². The van der Waals surface area contributed by atoms with E-state index in [0.717, 1.165) is 42.3 Å². The maximum Gasteiger partial charge on any atom is 0.246 e. The van der Waals surface area contributed by atoms with Crippen LogP contribution < -0.4 is 4.74 Å². The molecule has 2 saturated carbocycles. The van der Waals surface area contributed by atoms with Crippen LogP contribution in [-0.4, -0.2) is 53.8 Å². The fourth-order valence-electron chi connectivity index (χ4n) is 5.09. The second-order valence-electron chi connectivity index (χ2n) is 8.61. The van der Waals surface area contributed by atoms with Crippen LogP contribution in [0.5, 0.6) is 5.75 Å². The summed E-state index contributed by atoms with van der Waals surface area (Å²) in [5, 5.41) is 6.01. The molecule has 27 heavy (non-hydrogen) atoms. The van der Waals surface area contributed by atoms with E-state index in [9.17, 15) is 4.79 Å². The summed E-state index contributed by atoms with van der Waals surface area (Å²) in [5.74, 6) is 1.59. The Morgan fingerprint density at radius 3 is 2.41 bits per heavy atom. The predicted octanol–water partition coefficient (Wildman–Crippen LogP) is 3.28. The summed E-state index contributed by atoms with van der Waals surface area (Å²) in [5.41, 5.74) is 2.17. The van der Waals surface area contributed by atoms with E-state index in [1.165, 1.54) is 43.8 Å². The summed E-state index contributed by atoms with van der Waals surface area (Å²) in [7, 11) is 1.76. The standard InChI is InChI=1S/C22H29N3O2/c1-24-22(26)20-14-19(20)21(23-24)15-6-8-17(9-7-15)27-18-10-12-25(13-11-18)16-4-2-3-5-16/h6-9,16,18-20H,2-5,10-14H2,1H3. The lowest BCUT2D eigenvalue weighted by Crippen LogP contribution is -2.43. The average Bonchev–Trinajstić information content (AvgIpc) is 3.31. The highest BCUT2D eigenvalue weighted by Crippen LogP contribution is 2.45. The van der Waals surface area contributed by atoms with Crippen LogP contribution in [0.25, 0.3) is 0 Å².